The van der Waals surface area contributed by atoms with Crippen LogP contribution >= 0.6 is 0 Å². The zero-order valence-corrected chi connectivity index (χ0v) is 8.41. The van der Waals surface area contributed by atoms with Gasteiger partial charge in [-0.15, -0.1) is 0 Å². The molecule has 0 aliphatic heterocycles. The van der Waals surface area contributed by atoms with Crippen molar-refractivity contribution in [3.8, 4) is 0 Å². The third-order valence-electron chi connectivity index (χ3n) is 1.67. The van der Waals surface area contributed by atoms with Crippen molar-refractivity contribution in [3.63, 3.8) is 0 Å². The number of carboxylic acid groups (broad SMARTS) is 1. The van der Waals surface area contributed by atoms with Gasteiger partial charge in [-0.1, -0.05) is 0 Å². The minimum Gasteiger partial charge on any atom is -0.480 e. The lowest BCUT2D eigenvalue weighted by Crippen LogP contribution is -2.40. The number of hydrogen-bond acceptors (Lipinski definition) is 4. The quantitative estimate of drug-likeness (QED) is 0.586. The van der Waals surface area contributed by atoms with Crippen LogP contribution in [0.1, 0.15) is 6.92 Å². The Hall–Kier alpha value is -0.660. The molecular weight excluding hydrogens is 196 g/mol. The molecular formula is C6H14N2O4S. The molecule has 0 heterocycles. The number of likely N-dealkylation sites (N-methyl/N-ethyl adjacent to an activating group) is 1. The highest BCUT2D eigenvalue weighted by atomic mass is 32.2. The maximum atomic E-state index is 11.4. The molecule has 0 aromatic heterocycles. The Bertz CT molecular complexity index is 274. The molecule has 0 saturated carbocycles. The molecule has 0 amide bonds. The summed E-state index contributed by atoms with van der Waals surface area (Å²) in [6, 6.07) is 0. The molecule has 0 aliphatic rings. The lowest BCUT2D eigenvalue weighted by molar-refractivity contribution is -0.136. The van der Waals surface area contributed by atoms with Crippen molar-refractivity contribution in [3.05, 3.63) is 0 Å². The third kappa shape index (κ3) is 2.94. The number of rotatable bonds is 5. The summed E-state index contributed by atoms with van der Waals surface area (Å²) in [6.45, 7) is 1.42. The van der Waals surface area contributed by atoms with Crippen LogP contribution in [0.2, 0.25) is 0 Å². The van der Waals surface area contributed by atoms with Gasteiger partial charge in [0.1, 0.15) is 0 Å². The van der Waals surface area contributed by atoms with E-state index in [0.717, 1.165) is 11.2 Å². The Morgan fingerprint density at radius 3 is 2.38 bits per heavy atom. The SMILES string of the molecule is CC(C(=O)O)S(=O)(=O)N(C)CCN. The zero-order valence-electron chi connectivity index (χ0n) is 7.60. The Balaban J connectivity index is 4.66. The topological polar surface area (TPSA) is 101 Å². The molecule has 0 spiro atoms. The standard InChI is InChI=1S/C6H14N2O4S/c1-5(6(9)10)13(11,12)8(2)4-3-7/h5H,3-4,7H2,1-2H3,(H,9,10). The van der Waals surface area contributed by atoms with E-state index < -0.39 is 21.2 Å². The molecule has 0 rings (SSSR count). The molecule has 3 N–H and O–H groups in total. The number of carboxylic acids is 1. The van der Waals surface area contributed by atoms with Gasteiger partial charge in [0.2, 0.25) is 10.0 Å². The first-order valence-corrected chi connectivity index (χ1v) is 5.22. The first kappa shape index (κ1) is 12.3. The van der Waals surface area contributed by atoms with Crippen molar-refractivity contribution < 1.29 is 18.3 Å². The van der Waals surface area contributed by atoms with Crippen LogP contribution in [0.4, 0.5) is 0 Å². The molecule has 0 aromatic rings. The summed E-state index contributed by atoms with van der Waals surface area (Å²) in [6.07, 6.45) is 0. The molecule has 0 radical (unpaired) electrons. The van der Waals surface area contributed by atoms with Gasteiger partial charge < -0.3 is 10.8 Å². The average molecular weight is 210 g/mol. The number of nitrogens with zero attached hydrogens (tertiary/aromatic N) is 1. The fraction of sp³-hybridized carbons (Fsp3) is 0.833. The van der Waals surface area contributed by atoms with Crippen LogP contribution in [0.3, 0.4) is 0 Å². The van der Waals surface area contributed by atoms with Crippen LogP contribution in [0.5, 0.6) is 0 Å². The molecule has 1 atom stereocenters. The van der Waals surface area contributed by atoms with Gasteiger partial charge in [-0.3, -0.25) is 4.79 Å². The zero-order chi connectivity index (χ0) is 10.6. The number of nitrogens with two attached hydrogens (primary N) is 1. The lowest BCUT2D eigenvalue weighted by Gasteiger charge is -2.18. The highest BCUT2D eigenvalue weighted by Crippen LogP contribution is 2.05. The third-order valence-corrected chi connectivity index (χ3v) is 3.82. The molecule has 7 heteroatoms. The Labute approximate surface area is 77.4 Å². The number of hydrogen-bond donors (Lipinski definition) is 2. The molecule has 1 unspecified atom stereocenters. The fourth-order valence-electron chi connectivity index (χ4n) is 0.706. The van der Waals surface area contributed by atoms with Crippen LogP contribution in [-0.2, 0) is 14.8 Å². The van der Waals surface area contributed by atoms with Crippen molar-refractivity contribution in [1.82, 2.24) is 4.31 Å². The van der Waals surface area contributed by atoms with Crippen molar-refractivity contribution in [2.75, 3.05) is 20.1 Å². The molecule has 13 heavy (non-hydrogen) atoms. The van der Waals surface area contributed by atoms with Crippen molar-refractivity contribution in [2.45, 2.75) is 12.2 Å². The maximum absolute atomic E-state index is 11.4. The molecule has 78 valence electrons. The summed E-state index contributed by atoms with van der Waals surface area (Å²) in [5.41, 5.74) is 5.15. The summed E-state index contributed by atoms with van der Waals surface area (Å²) in [5, 5.41) is 7.07. The molecule has 0 bridgehead atoms. The molecule has 0 aromatic carbocycles. The van der Waals surface area contributed by atoms with Gasteiger partial charge >= 0.3 is 5.97 Å². The first-order valence-electron chi connectivity index (χ1n) is 3.72. The van der Waals surface area contributed by atoms with E-state index in [9.17, 15) is 13.2 Å². The van der Waals surface area contributed by atoms with E-state index in [1.807, 2.05) is 0 Å². The average Bonchev–Trinajstić information content (AvgIpc) is 2.03. The van der Waals surface area contributed by atoms with E-state index in [-0.39, 0.29) is 13.1 Å². The van der Waals surface area contributed by atoms with Gasteiger partial charge in [0.25, 0.3) is 0 Å². The fourth-order valence-corrected chi connectivity index (χ4v) is 1.86. The van der Waals surface area contributed by atoms with Crippen molar-refractivity contribution in [1.29, 1.82) is 0 Å². The molecule has 6 nitrogen and oxygen atoms in total. The van der Waals surface area contributed by atoms with Crippen LogP contribution in [-0.4, -0.2) is 49.2 Å². The summed E-state index contributed by atoms with van der Waals surface area (Å²) in [4.78, 5) is 10.4. The Morgan fingerprint density at radius 2 is 2.08 bits per heavy atom. The first-order chi connectivity index (χ1) is 5.84. The smallest absolute Gasteiger partial charge is 0.323 e. The molecule has 0 fully saturated rings. The van der Waals surface area contributed by atoms with Crippen molar-refractivity contribution in [2.24, 2.45) is 5.73 Å². The van der Waals surface area contributed by atoms with E-state index in [4.69, 9.17) is 10.8 Å². The van der Waals surface area contributed by atoms with E-state index in [0.29, 0.717) is 0 Å². The lowest BCUT2D eigenvalue weighted by atomic mass is 10.5. The molecule has 0 saturated heterocycles. The van der Waals surface area contributed by atoms with Gasteiger partial charge in [-0.25, -0.2) is 12.7 Å². The highest BCUT2D eigenvalue weighted by molar-refractivity contribution is 7.90. The van der Waals surface area contributed by atoms with Crippen LogP contribution in [0.15, 0.2) is 0 Å². The van der Waals surface area contributed by atoms with Gasteiger partial charge in [-0.05, 0) is 6.92 Å². The summed E-state index contributed by atoms with van der Waals surface area (Å²) >= 11 is 0. The minimum atomic E-state index is -3.75. The van der Waals surface area contributed by atoms with Gasteiger partial charge in [0.15, 0.2) is 5.25 Å². The van der Waals surface area contributed by atoms with Gasteiger partial charge in [0, 0.05) is 20.1 Å². The highest BCUT2D eigenvalue weighted by Gasteiger charge is 2.30. The van der Waals surface area contributed by atoms with Crippen LogP contribution in [0.25, 0.3) is 0 Å². The van der Waals surface area contributed by atoms with E-state index >= 15 is 0 Å². The number of aliphatic carboxylic acids is 1. The predicted octanol–water partition coefficient (Wildman–Crippen LogP) is -1.32. The summed E-state index contributed by atoms with van der Waals surface area (Å²) in [5.74, 6) is -1.36. The Morgan fingerprint density at radius 1 is 1.62 bits per heavy atom. The monoisotopic (exact) mass is 210 g/mol. The van der Waals surface area contributed by atoms with Crippen molar-refractivity contribution >= 4 is 16.0 Å². The Kier molecular flexibility index (Phi) is 4.31. The maximum Gasteiger partial charge on any atom is 0.323 e. The summed E-state index contributed by atoms with van der Waals surface area (Å²) in [7, 11) is -2.44. The van der Waals surface area contributed by atoms with Crippen LogP contribution < -0.4 is 5.73 Å². The number of sulfonamides is 1. The molecule has 0 aliphatic carbocycles. The largest absolute Gasteiger partial charge is 0.480 e. The van der Waals surface area contributed by atoms with E-state index in [2.05, 4.69) is 0 Å². The predicted molar refractivity (Wildman–Crippen MR) is 47.7 cm³/mol. The summed E-state index contributed by atoms with van der Waals surface area (Å²) < 4.78 is 23.7. The van der Waals surface area contributed by atoms with Gasteiger partial charge in [0.05, 0.1) is 0 Å². The van der Waals surface area contributed by atoms with Gasteiger partial charge in [-0.2, -0.15) is 0 Å². The second kappa shape index (κ2) is 4.54. The normalized spacial score (nSPS) is 14.5. The number of carbonyl (C=O) groups is 1. The second-order valence-corrected chi connectivity index (χ2v) is 5.00. The van der Waals surface area contributed by atoms with E-state index in [1.54, 1.807) is 0 Å². The van der Waals surface area contributed by atoms with Crippen LogP contribution in [0, 0.1) is 0 Å². The van der Waals surface area contributed by atoms with E-state index in [1.165, 1.54) is 7.05 Å². The minimum absolute atomic E-state index is 0.125. The second-order valence-electron chi connectivity index (χ2n) is 2.64.